The molecule has 2 heterocycles. The van der Waals surface area contributed by atoms with Crippen molar-refractivity contribution < 1.29 is 5.11 Å². The molecule has 0 aromatic carbocycles. The van der Waals surface area contributed by atoms with Crippen molar-refractivity contribution in [2.75, 3.05) is 26.2 Å². The SMILES string of the molecule is Cl.O[C@H]1CCN(C2CNC2)C1. The van der Waals surface area contributed by atoms with Crippen molar-refractivity contribution in [1.29, 1.82) is 0 Å². The molecule has 2 saturated heterocycles. The Balaban J connectivity index is 0.000000605. The summed E-state index contributed by atoms with van der Waals surface area (Å²) in [6, 6.07) is 0.720. The Labute approximate surface area is 73.2 Å². The van der Waals surface area contributed by atoms with Crippen LogP contribution in [0.15, 0.2) is 0 Å². The number of halogens is 1. The molecule has 0 aromatic rings. The lowest BCUT2D eigenvalue weighted by Gasteiger charge is -2.35. The summed E-state index contributed by atoms with van der Waals surface area (Å²) < 4.78 is 0. The molecular weight excluding hydrogens is 164 g/mol. The van der Waals surface area contributed by atoms with E-state index in [0.717, 1.165) is 38.6 Å². The molecular formula is C7H15ClN2O. The minimum Gasteiger partial charge on any atom is -0.392 e. The number of hydrogen-bond donors (Lipinski definition) is 2. The molecule has 2 N–H and O–H groups in total. The van der Waals surface area contributed by atoms with E-state index in [1.807, 2.05) is 0 Å². The van der Waals surface area contributed by atoms with Crippen molar-refractivity contribution >= 4 is 12.4 Å². The lowest BCUT2D eigenvalue weighted by atomic mass is 10.1. The van der Waals surface area contributed by atoms with Crippen molar-refractivity contribution in [2.45, 2.75) is 18.6 Å². The topological polar surface area (TPSA) is 35.5 Å². The molecule has 11 heavy (non-hydrogen) atoms. The monoisotopic (exact) mass is 178 g/mol. The molecule has 0 aliphatic carbocycles. The van der Waals surface area contributed by atoms with Crippen LogP contribution in [0, 0.1) is 0 Å². The van der Waals surface area contributed by atoms with Gasteiger partial charge in [0.15, 0.2) is 0 Å². The molecule has 0 unspecified atom stereocenters. The second kappa shape index (κ2) is 3.72. The van der Waals surface area contributed by atoms with Crippen LogP contribution in [0.5, 0.6) is 0 Å². The van der Waals surface area contributed by atoms with E-state index in [0.29, 0.717) is 0 Å². The van der Waals surface area contributed by atoms with Crippen LogP contribution in [0.2, 0.25) is 0 Å². The van der Waals surface area contributed by atoms with Crippen LogP contribution in [0.25, 0.3) is 0 Å². The average molecular weight is 179 g/mol. The Morgan fingerprint density at radius 1 is 1.36 bits per heavy atom. The zero-order valence-electron chi connectivity index (χ0n) is 6.49. The number of aliphatic hydroxyl groups is 1. The normalized spacial score (nSPS) is 33.0. The second-order valence-corrected chi connectivity index (χ2v) is 3.25. The van der Waals surface area contributed by atoms with Gasteiger partial charge >= 0.3 is 0 Å². The molecule has 2 aliphatic heterocycles. The lowest BCUT2D eigenvalue weighted by Crippen LogP contribution is -2.56. The Bertz CT molecular complexity index is 130. The van der Waals surface area contributed by atoms with Gasteiger partial charge in [-0.25, -0.2) is 0 Å². The third kappa shape index (κ3) is 1.85. The molecule has 0 radical (unpaired) electrons. The summed E-state index contributed by atoms with van der Waals surface area (Å²) in [6.07, 6.45) is 0.914. The predicted molar refractivity (Wildman–Crippen MR) is 46.1 cm³/mol. The van der Waals surface area contributed by atoms with Crippen LogP contribution in [0.4, 0.5) is 0 Å². The Kier molecular flexibility index (Phi) is 3.13. The molecule has 2 aliphatic rings. The summed E-state index contributed by atoms with van der Waals surface area (Å²) in [5, 5.41) is 12.4. The van der Waals surface area contributed by atoms with Gasteiger partial charge < -0.3 is 10.4 Å². The van der Waals surface area contributed by atoms with Crippen molar-refractivity contribution in [2.24, 2.45) is 0 Å². The summed E-state index contributed by atoms with van der Waals surface area (Å²) >= 11 is 0. The van der Waals surface area contributed by atoms with E-state index in [9.17, 15) is 5.11 Å². The average Bonchev–Trinajstić information content (AvgIpc) is 2.10. The van der Waals surface area contributed by atoms with Gasteiger partial charge in [0.1, 0.15) is 0 Å². The standard InChI is InChI=1S/C7H14N2O.ClH/c10-7-1-2-9(5-7)6-3-8-4-6;/h6-8,10H,1-5H2;1H/t7-;/m0./s1. The minimum atomic E-state index is -0.0550. The highest BCUT2D eigenvalue weighted by atomic mass is 35.5. The van der Waals surface area contributed by atoms with Gasteiger partial charge in [0.2, 0.25) is 0 Å². The molecule has 0 saturated carbocycles. The summed E-state index contributed by atoms with van der Waals surface area (Å²) in [7, 11) is 0. The predicted octanol–water partition coefficient (Wildman–Crippen LogP) is -0.553. The van der Waals surface area contributed by atoms with E-state index in [1.165, 1.54) is 0 Å². The lowest BCUT2D eigenvalue weighted by molar-refractivity contribution is 0.136. The molecule has 2 fully saturated rings. The van der Waals surface area contributed by atoms with Crippen molar-refractivity contribution in [3.63, 3.8) is 0 Å². The van der Waals surface area contributed by atoms with E-state index in [2.05, 4.69) is 10.2 Å². The third-order valence-corrected chi connectivity index (χ3v) is 2.47. The first-order chi connectivity index (χ1) is 4.86. The van der Waals surface area contributed by atoms with Gasteiger partial charge in [0, 0.05) is 32.2 Å². The van der Waals surface area contributed by atoms with Gasteiger partial charge in [-0.15, -0.1) is 12.4 Å². The Morgan fingerprint density at radius 3 is 2.45 bits per heavy atom. The van der Waals surface area contributed by atoms with Gasteiger partial charge in [0.05, 0.1) is 6.10 Å². The molecule has 2 rings (SSSR count). The highest BCUT2D eigenvalue weighted by Crippen LogP contribution is 2.14. The van der Waals surface area contributed by atoms with Crippen LogP contribution in [-0.2, 0) is 0 Å². The third-order valence-electron chi connectivity index (χ3n) is 2.47. The van der Waals surface area contributed by atoms with Crippen LogP contribution >= 0.6 is 12.4 Å². The molecule has 66 valence electrons. The first kappa shape index (κ1) is 9.26. The van der Waals surface area contributed by atoms with Crippen LogP contribution in [-0.4, -0.2) is 48.3 Å². The fraction of sp³-hybridized carbons (Fsp3) is 1.00. The number of likely N-dealkylation sites (tertiary alicyclic amines) is 1. The summed E-state index contributed by atoms with van der Waals surface area (Å²) in [4.78, 5) is 2.38. The maximum absolute atomic E-state index is 9.21. The zero-order valence-corrected chi connectivity index (χ0v) is 7.31. The number of aliphatic hydroxyl groups excluding tert-OH is 1. The van der Waals surface area contributed by atoms with E-state index in [4.69, 9.17) is 0 Å². The highest BCUT2D eigenvalue weighted by molar-refractivity contribution is 5.85. The van der Waals surface area contributed by atoms with Crippen LogP contribution in [0.3, 0.4) is 0 Å². The van der Waals surface area contributed by atoms with E-state index >= 15 is 0 Å². The quantitative estimate of drug-likeness (QED) is 0.566. The molecule has 0 spiro atoms. The number of nitrogens with one attached hydrogen (secondary N) is 1. The first-order valence-corrected chi connectivity index (χ1v) is 3.99. The maximum atomic E-state index is 9.21. The van der Waals surface area contributed by atoms with Gasteiger partial charge in [-0.1, -0.05) is 0 Å². The van der Waals surface area contributed by atoms with E-state index in [1.54, 1.807) is 0 Å². The highest BCUT2D eigenvalue weighted by Gasteiger charge is 2.29. The van der Waals surface area contributed by atoms with Gasteiger partial charge in [-0.2, -0.15) is 0 Å². The largest absolute Gasteiger partial charge is 0.392 e. The minimum absolute atomic E-state index is 0. The summed E-state index contributed by atoms with van der Waals surface area (Å²) in [5.41, 5.74) is 0. The van der Waals surface area contributed by atoms with Gasteiger partial charge in [-0.3, -0.25) is 4.90 Å². The van der Waals surface area contributed by atoms with E-state index in [-0.39, 0.29) is 18.5 Å². The molecule has 3 nitrogen and oxygen atoms in total. The van der Waals surface area contributed by atoms with Crippen molar-refractivity contribution in [3.05, 3.63) is 0 Å². The van der Waals surface area contributed by atoms with Crippen molar-refractivity contribution in [1.82, 2.24) is 10.2 Å². The summed E-state index contributed by atoms with van der Waals surface area (Å²) in [6.45, 7) is 4.22. The Morgan fingerprint density at radius 2 is 2.09 bits per heavy atom. The van der Waals surface area contributed by atoms with Crippen molar-refractivity contribution in [3.8, 4) is 0 Å². The van der Waals surface area contributed by atoms with Crippen LogP contribution < -0.4 is 5.32 Å². The van der Waals surface area contributed by atoms with Gasteiger partial charge in [-0.05, 0) is 6.42 Å². The maximum Gasteiger partial charge on any atom is 0.0679 e. The fourth-order valence-electron chi connectivity index (χ4n) is 1.63. The number of nitrogens with zero attached hydrogens (tertiary/aromatic N) is 1. The Hall–Kier alpha value is 0.170. The first-order valence-electron chi connectivity index (χ1n) is 3.99. The molecule has 4 heteroatoms. The number of hydrogen-bond acceptors (Lipinski definition) is 3. The van der Waals surface area contributed by atoms with Crippen LogP contribution in [0.1, 0.15) is 6.42 Å². The number of rotatable bonds is 1. The smallest absolute Gasteiger partial charge is 0.0679 e. The fourth-order valence-corrected chi connectivity index (χ4v) is 1.63. The van der Waals surface area contributed by atoms with E-state index < -0.39 is 0 Å². The zero-order chi connectivity index (χ0) is 6.97. The van der Waals surface area contributed by atoms with Gasteiger partial charge in [0.25, 0.3) is 0 Å². The molecule has 0 aromatic heterocycles. The number of β-amino-alcohol motifs (C(OH)–C–C–N with tert-alkyl or cyclic N) is 1. The molecule has 1 atom stereocenters. The molecule has 0 bridgehead atoms. The molecule has 0 amide bonds. The second-order valence-electron chi connectivity index (χ2n) is 3.25. The summed E-state index contributed by atoms with van der Waals surface area (Å²) in [5.74, 6) is 0.